The number of carbonyl (C=O) groups is 1. The molecule has 0 aromatic heterocycles. The molecule has 0 unspecified atom stereocenters. The molecule has 1 rings (SSSR count). The number of anilines is 2. The van der Waals surface area contributed by atoms with Gasteiger partial charge in [0.05, 0.1) is 16.3 Å². The Labute approximate surface area is 126 Å². The summed E-state index contributed by atoms with van der Waals surface area (Å²) >= 11 is 6.31. The number of benzene rings is 1. The van der Waals surface area contributed by atoms with Crippen LogP contribution in [0.25, 0.3) is 0 Å². The maximum absolute atomic E-state index is 11.7. The highest BCUT2D eigenvalue weighted by Crippen LogP contribution is 2.33. The third-order valence-corrected chi connectivity index (χ3v) is 3.13. The second-order valence-corrected chi connectivity index (χ2v) is 6.36. The molecule has 0 saturated heterocycles. The van der Waals surface area contributed by atoms with Crippen molar-refractivity contribution >= 4 is 28.9 Å². The number of halogens is 1. The maximum atomic E-state index is 11.7. The van der Waals surface area contributed by atoms with E-state index in [-0.39, 0.29) is 0 Å². The Morgan fingerprint density at radius 1 is 1.20 bits per heavy atom. The van der Waals surface area contributed by atoms with Gasteiger partial charge in [0.2, 0.25) is 0 Å². The van der Waals surface area contributed by atoms with Crippen LogP contribution in [0.5, 0.6) is 0 Å². The van der Waals surface area contributed by atoms with Gasteiger partial charge in [-0.15, -0.1) is 0 Å². The van der Waals surface area contributed by atoms with Crippen LogP contribution in [0.3, 0.4) is 0 Å². The predicted octanol–water partition coefficient (Wildman–Crippen LogP) is 3.14. The van der Waals surface area contributed by atoms with Gasteiger partial charge in [0, 0.05) is 18.8 Å². The summed E-state index contributed by atoms with van der Waals surface area (Å²) in [5.41, 5.74) is 12.8. The first-order chi connectivity index (χ1) is 9.22. The second-order valence-electron chi connectivity index (χ2n) is 5.96. The predicted molar refractivity (Wildman–Crippen MR) is 86.3 cm³/mol. The molecule has 5 heteroatoms. The van der Waals surface area contributed by atoms with Gasteiger partial charge in [0.1, 0.15) is 0 Å². The quantitative estimate of drug-likeness (QED) is 0.792. The van der Waals surface area contributed by atoms with Crippen molar-refractivity contribution in [1.82, 2.24) is 0 Å². The number of hydrogen-bond donors (Lipinski definition) is 2. The minimum absolute atomic E-state index is 0.385. The lowest BCUT2D eigenvalue weighted by molar-refractivity contribution is 0.100. The molecule has 1 aromatic rings. The summed E-state index contributed by atoms with van der Waals surface area (Å²) in [6.07, 6.45) is 0. The molecule has 0 aliphatic carbocycles. The first-order valence-corrected chi connectivity index (χ1v) is 7.24. The van der Waals surface area contributed by atoms with Crippen LogP contribution < -0.4 is 16.4 Å². The lowest BCUT2D eigenvalue weighted by Crippen LogP contribution is -2.33. The van der Waals surface area contributed by atoms with Gasteiger partial charge in [-0.1, -0.05) is 39.3 Å². The van der Waals surface area contributed by atoms with Crippen LogP contribution in [0.1, 0.15) is 38.1 Å². The van der Waals surface area contributed by atoms with E-state index in [0.717, 1.165) is 13.1 Å². The minimum Gasteiger partial charge on any atom is -0.399 e. The fourth-order valence-corrected chi connectivity index (χ4v) is 2.62. The summed E-state index contributed by atoms with van der Waals surface area (Å²) in [5.74, 6) is 0.387. The van der Waals surface area contributed by atoms with Crippen molar-refractivity contribution in [3.05, 3.63) is 22.7 Å². The smallest absolute Gasteiger partial charge is 0.250 e. The minimum atomic E-state index is -0.508. The Morgan fingerprint density at radius 2 is 1.70 bits per heavy atom. The SMILES string of the molecule is CC(C)CN(CC(C)C)c1c(Cl)cc(N)cc1C(N)=O. The summed E-state index contributed by atoms with van der Waals surface area (Å²) in [6.45, 7) is 10.1. The Kier molecular flexibility index (Phi) is 5.69. The van der Waals surface area contributed by atoms with E-state index in [1.165, 1.54) is 0 Å². The van der Waals surface area contributed by atoms with Gasteiger partial charge in [0.15, 0.2) is 0 Å². The number of nitrogens with zero attached hydrogens (tertiary/aromatic N) is 1. The van der Waals surface area contributed by atoms with Crippen molar-refractivity contribution < 1.29 is 4.79 Å². The van der Waals surface area contributed by atoms with Crippen molar-refractivity contribution in [3.63, 3.8) is 0 Å². The first kappa shape index (κ1) is 16.6. The molecule has 4 nitrogen and oxygen atoms in total. The third kappa shape index (κ3) is 4.30. The number of amides is 1. The zero-order valence-corrected chi connectivity index (χ0v) is 13.4. The highest BCUT2D eigenvalue weighted by atomic mass is 35.5. The van der Waals surface area contributed by atoms with E-state index in [1.54, 1.807) is 12.1 Å². The van der Waals surface area contributed by atoms with E-state index in [4.69, 9.17) is 23.1 Å². The number of carbonyl (C=O) groups excluding carboxylic acids is 1. The highest BCUT2D eigenvalue weighted by Gasteiger charge is 2.20. The van der Waals surface area contributed by atoms with Crippen LogP contribution >= 0.6 is 11.6 Å². The number of nitrogen functional groups attached to an aromatic ring is 1. The summed E-state index contributed by atoms with van der Waals surface area (Å²) in [4.78, 5) is 13.8. The lowest BCUT2D eigenvalue weighted by atomic mass is 10.1. The molecular formula is C15H24ClN3O. The number of nitrogens with two attached hydrogens (primary N) is 2. The molecule has 4 N–H and O–H groups in total. The molecule has 0 radical (unpaired) electrons. The maximum Gasteiger partial charge on any atom is 0.250 e. The Bertz CT molecular complexity index is 476. The van der Waals surface area contributed by atoms with Crippen molar-refractivity contribution in [3.8, 4) is 0 Å². The average Bonchev–Trinajstić information content (AvgIpc) is 2.25. The van der Waals surface area contributed by atoms with E-state index in [1.807, 2.05) is 0 Å². The largest absolute Gasteiger partial charge is 0.399 e. The van der Waals surface area contributed by atoms with Gasteiger partial charge in [-0.2, -0.15) is 0 Å². The van der Waals surface area contributed by atoms with Crippen LogP contribution in [-0.4, -0.2) is 19.0 Å². The fourth-order valence-electron chi connectivity index (χ4n) is 2.27. The van der Waals surface area contributed by atoms with Gasteiger partial charge in [0.25, 0.3) is 5.91 Å². The number of hydrogen-bond acceptors (Lipinski definition) is 3. The van der Waals surface area contributed by atoms with E-state index in [2.05, 4.69) is 32.6 Å². The standard InChI is InChI=1S/C15H24ClN3O/c1-9(2)7-19(8-10(3)4)14-12(15(18)20)5-11(17)6-13(14)16/h5-6,9-10H,7-8,17H2,1-4H3,(H2,18,20). The van der Waals surface area contributed by atoms with Crippen molar-refractivity contribution in [2.75, 3.05) is 23.7 Å². The Morgan fingerprint density at radius 3 is 2.10 bits per heavy atom. The molecule has 20 heavy (non-hydrogen) atoms. The normalized spacial score (nSPS) is 11.2. The topological polar surface area (TPSA) is 72.3 Å². The first-order valence-electron chi connectivity index (χ1n) is 6.86. The average molecular weight is 298 g/mol. The van der Waals surface area contributed by atoms with Crippen LogP contribution in [0.4, 0.5) is 11.4 Å². The Hall–Kier alpha value is -1.42. The fraction of sp³-hybridized carbons (Fsp3) is 0.533. The number of primary amides is 1. The van der Waals surface area contributed by atoms with Crippen molar-refractivity contribution in [2.24, 2.45) is 17.6 Å². The molecular weight excluding hydrogens is 274 g/mol. The Balaban J connectivity index is 3.33. The number of rotatable bonds is 6. The summed E-state index contributed by atoms with van der Waals surface area (Å²) in [7, 11) is 0. The molecule has 0 saturated carbocycles. The van der Waals surface area contributed by atoms with Gasteiger partial charge in [-0.05, 0) is 24.0 Å². The highest BCUT2D eigenvalue weighted by molar-refractivity contribution is 6.34. The van der Waals surface area contributed by atoms with Crippen molar-refractivity contribution in [2.45, 2.75) is 27.7 Å². The van der Waals surface area contributed by atoms with E-state index in [9.17, 15) is 4.79 Å². The molecule has 0 aliphatic heterocycles. The van der Waals surface area contributed by atoms with Crippen LogP contribution in [0.2, 0.25) is 5.02 Å². The molecule has 0 fully saturated rings. The molecule has 0 heterocycles. The molecule has 0 aliphatic rings. The van der Waals surface area contributed by atoms with Gasteiger partial charge < -0.3 is 16.4 Å². The molecule has 0 spiro atoms. The van der Waals surface area contributed by atoms with Gasteiger partial charge in [-0.25, -0.2) is 0 Å². The van der Waals surface area contributed by atoms with Crippen molar-refractivity contribution in [1.29, 1.82) is 0 Å². The summed E-state index contributed by atoms with van der Waals surface area (Å²) < 4.78 is 0. The van der Waals surface area contributed by atoms with E-state index >= 15 is 0 Å². The van der Waals surface area contributed by atoms with Crippen LogP contribution in [-0.2, 0) is 0 Å². The monoisotopic (exact) mass is 297 g/mol. The molecule has 1 aromatic carbocycles. The molecule has 112 valence electrons. The van der Waals surface area contributed by atoms with E-state index < -0.39 is 5.91 Å². The molecule has 1 amide bonds. The second kappa shape index (κ2) is 6.84. The summed E-state index contributed by atoms with van der Waals surface area (Å²) in [6, 6.07) is 3.26. The van der Waals surface area contributed by atoms with Gasteiger partial charge in [-0.3, -0.25) is 4.79 Å². The zero-order chi connectivity index (χ0) is 15.4. The molecule has 0 atom stereocenters. The van der Waals surface area contributed by atoms with Gasteiger partial charge >= 0.3 is 0 Å². The van der Waals surface area contributed by atoms with E-state index in [0.29, 0.717) is 33.8 Å². The van der Waals surface area contributed by atoms with Crippen LogP contribution in [0, 0.1) is 11.8 Å². The van der Waals surface area contributed by atoms with Crippen LogP contribution in [0.15, 0.2) is 12.1 Å². The summed E-state index contributed by atoms with van der Waals surface area (Å²) in [5, 5.41) is 0.472. The zero-order valence-electron chi connectivity index (χ0n) is 12.6. The molecule has 0 bridgehead atoms. The third-order valence-electron chi connectivity index (χ3n) is 2.84. The lowest BCUT2D eigenvalue weighted by Gasteiger charge is -2.30.